The van der Waals surface area contributed by atoms with Crippen LogP contribution in [0.1, 0.15) is 31.7 Å². The van der Waals surface area contributed by atoms with E-state index >= 15 is 0 Å². The number of nitrogens with zero attached hydrogens (tertiary/aromatic N) is 1. The first kappa shape index (κ1) is 11.8. The van der Waals surface area contributed by atoms with Crippen molar-refractivity contribution in [3.63, 3.8) is 0 Å². The molecule has 1 fully saturated rings. The van der Waals surface area contributed by atoms with E-state index in [0.717, 1.165) is 19.3 Å². The van der Waals surface area contributed by atoms with Gasteiger partial charge in [-0.3, -0.25) is 0 Å². The zero-order valence-electron chi connectivity index (χ0n) is 9.69. The normalized spacial score (nSPS) is 16.4. The quantitative estimate of drug-likeness (QED) is 0.869. The fourth-order valence-corrected chi connectivity index (χ4v) is 1.89. The maximum atomic E-state index is 13.6. The molecule has 1 saturated carbocycles. The Hall–Kier alpha value is -1.63. The zero-order valence-corrected chi connectivity index (χ0v) is 9.69. The Labute approximate surface area is 99.3 Å². The average Bonchev–Trinajstić information content (AvgIpc) is 3.12. The molecule has 0 radical (unpaired) electrons. The third-order valence-corrected chi connectivity index (χ3v) is 3.56. The van der Waals surface area contributed by atoms with Gasteiger partial charge in [0.15, 0.2) is 11.6 Å². The fourth-order valence-electron chi connectivity index (χ4n) is 1.89. The highest BCUT2D eigenvalue weighted by Crippen LogP contribution is 2.48. The van der Waals surface area contributed by atoms with Crippen LogP contribution in [0.25, 0.3) is 0 Å². The molecule has 1 aromatic carbocycles. The number of nitrogens with one attached hydrogen (secondary N) is 1. The molecule has 0 aliphatic heterocycles. The molecule has 1 aromatic rings. The summed E-state index contributed by atoms with van der Waals surface area (Å²) < 4.78 is 26.9. The lowest BCUT2D eigenvalue weighted by Gasteiger charge is -2.15. The molecule has 1 N–H and O–H groups in total. The molecule has 4 heteroatoms. The van der Waals surface area contributed by atoms with Crippen molar-refractivity contribution in [3.8, 4) is 6.07 Å². The standard InChI is InChI=1S/C13H14F2N2/c1-2-13(5-6-13)8-17-10-4-3-9(7-16)11(14)12(10)15/h3-4,17H,2,5-6,8H2,1H3. The van der Waals surface area contributed by atoms with Gasteiger partial charge in [-0.05, 0) is 36.8 Å². The van der Waals surface area contributed by atoms with Crippen molar-refractivity contribution in [2.24, 2.45) is 5.41 Å². The molecule has 2 rings (SSSR count). The van der Waals surface area contributed by atoms with Gasteiger partial charge in [0.05, 0.1) is 11.3 Å². The van der Waals surface area contributed by atoms with Gasteiger partial charge in [-0.25, -0.2) is 8.78 Å². The molecule has 1 aliphatic rings. The van der Waals surface area contributed by atoms with Crippen molar-refractivity contribution < 1.29 is 8.78 Å². The first-order chi connectivity index (χ1) is 8.12. The van der Waals surface area contributed by atoms with Crippen LogP contribution in [0.2, 0.25) is 0 Å². The number of halogens is 2. The van der Waals surface area contributed by atoms with Gasteiger partial charge in [-0.2, -0.15) is 5.26 Å². The lowest BCUT2D eigenvalue weighted by atomic mass is 10.0. The molecule has 0 aromatic heterocycles. The maximum absolute atomic E-state index is 13.6. The Morgan fingerprint density at radius 1 is 1.35 bits per heavy atom. The van der Waals surface area contributed by atoms with Gasteiger partial charge in [-0.1, -0.05) is 6.92 Å². The minimum Gasteiger partial charge on any atom is -0.382 e. The number of benzene rings is 1. The largest absolute Gasteiger partial charge is 0.382 e. The predicted molar refractivity (Wildman–Crippen MR) is 61.5 cm³/mol. The number of hydrogen-bond acceptors (Lipinski definition) is 2. The van der Waals surface area contributed by atoms with Crippen LogP contribution in [0.3, 0.4) is 0 Å². The Bertz CT molecular complexity index is 473. The number of hydrogen-bond donors (Lipinski definition) is 1. The first-order valence-corrected chi connectivity index (χ1v) is 5.74. The molecule has 0 saturated heterocycles. The van der Waals surface area contributed by atoms with Crippen molar-refractivity contribution in [1.82, 2.24) is 0 Å². The van der Waals surface area contributed by atoms with Crippen molar-refractivity contribution in [2.45, 2.75) is 26.2 Å². The van der Waals surface area contributed by atoms with E-state index in [2.05, 4.69) is 12.2 Å². The number of rotatable bonds is 4. The Morgan fingerprint density at radius 2 is 2.06 bits per heavy atom. The van der Waals surface area contributed by atoms with Gasteiger partial charge in [0.1, 0.15) is 6.07 Å². The molecule has 0 heterocycles. The number of nitriles is 1. The van der Waals surface area contributed by atoms with Gasteiger partial charge in [0.25, 0.3) is 0 Å². The van der Waals surface area contributed by atoms with Crippen LogP contribution in [0.5, 0.6) is 0 Å². The molecule has 0 bridgehead atoms. The Balaban J connectivity index is 2.12. The van der Waals surface area contributed by atoms with Crippen molar-refractivity contribution >= 4 is 5.69 Å². The molecule has 1 aliphatic carbocycles. The minimum atomic E-state index is -1.07. The van der Waals surface area contributed by atoms with Crippen LogP contribution < -0.4 is 5.32 Å². The first-order valence-electron chi connectivity index (χ1n) is 5.74. The highest BCUT2D eigenvalue weighted by molar-refractivity contribution is 5.50. The molecule has 0 amide bonds. The van der Waals surface area contributed by atoms with Crippen molar-refractivity contribution in [1.29, 1.82) is 5.26 Å². The second-order valence-electron chi connectivity index (χ2n) is 4.61. The molecule has 2 nitrogen and oxygen atoms in total. The van der Waals surface area contributed by atoms with E-state index in [-0.39, 0.29) is 16.7 Å². The molecule has 90 valence electrons. The second-order valence-corrected chi connectivity index (χ2v) is 4.61. The van der Waals surface area contributed by atoms with Crippen LogP contribution >= 0.6 is 0 Å². The highest BCUT2D eigenvalue weighted by atomic mass is 19.2. The predicted octanol–water partition coefficient (Wildman–Crippen LogP) is 3.44. The third-order valence-electron chi connectivity index (χ3n) is 3.56. The molecular formula is C13H14F2N2. The van der Waals surface area contributed by atoms with Crippen LogP contribution in [0, 0.1) is 28.4 Å². The Morgan fingerprint density at radius 3 is 2.59 bits per heavy atom. The van der Waals surface area contributed by atoms with E-state index in [1.54, 1.807) is 6.07 Å². The maximum Gasteiger partial charge on any atom is 0.183 e. The summed E-state index contributed by atoms with van der Waals surface area (Å²) in [6.07, 6.45) is 3.31. The van der Waals surface area contributed by atoms with E-state index in [1.165, 1.54) is 12.1 Å². The van der Waals surface area contributed by atoms with E-state index in [1.807, 2.05) is 0 Å². The minimum absolute atomic E-state index is 0.140. The summed E-state index contributed by atoms with van der Waals surface area (Å²) in [6.45, 7) is 2.76. The monoisotopic (exact) mass is 236 g/mol. The van der Waals surface area contributed by atoms with Crippen LogP contribution in [0.4, 0.5) is 14.5 Å². The summed E-state index contributed by atoms with van der Waals surface area (Å²) in [5.41, 5.74) is 0.141. The van der Waals surface area contributed by atoms with Gasteiger partial charge in [0, 0.05) is 6.54 Å². The third kappa shape index (κ3) is 2.23. The zero-order chi connectivity index (χ0) is 12.5. The van der Waals surface area contributed by atoms with Crippen molar-refractivity contribution in [3.05, 3.63) is 29.3 Å². The molecule has 0 atom stereocenters. The summed E-state index contributed by atoms with van der Waals surface area (Å²) in [7, 11) is 0. The van der Waals surface area contributed by atoms with Gasteiger partial charge in [-0.15, -0.1) is 0 Å². The lowest BCUT2D eigenvalue weighted by Crippen LogP contribution is -2.15. The van der Waals surface area contributed by atoms with Gasteiger partial charge < -0.3 is 5.32 Å². The van der Waals surface area contributed by atoms with Crippen LogP contribution in [-0.4, -0.2) is 6.54 Å². The topological polar surface area (TPSA) is 35.8 Å². The van der Waals surface area contributed by atoms with Crippen molar-refractivity contribution in [2.75, 3.05) is 11.9 Å². The van der Waals surface area contributed by atoms with E-state index in [4.69, 9.17) is 5.26 Å². The molecule has 0 unspecified atom stereocenters. The summed E-state index contributed by atoms with van der Waals surface area (Å²) in [5.74, 6) is -2.03. The van der Waals surface area contributed by atoms with Gasteiger partial charge in [0.2, 0.25) is 0 Å². The van der Waals surface area contributed by atoms with E-state index in [0.29, 0.717) is 6.54 Å². The lowest BCUT2D eigenvalue weighted by molar-refractivity contribution is 0.499. The summed E-state index contributed by atoms with van der Waals surface area (Å²) in [5, 5.41) is 11.5. The SMILES string of the molecule is CCC1(CNc2ccc(C#N)c(F)c2F)CC1. The van der Waals surface area contributed by atoms with E-state index < -0.39 is 11.6 Å². The smallest absolute Gasteiger partial charge is 0.183 e. The number of anilines is 1. The fraction of sp³-hybridized carbons (Fsp3) is 0.462. The summed E-state index contributed by atoms with van der Waals surface area (Å²) in [6, 6.07) is 4.33. The van der Waals surface area contributed by atoms with E-state index in [9.17, 15) is 8.78 Å². The van der Waals surface area contributed by atoms with Gasteiger partial charge >= 0.3 is 0 Å². The van der Waals surface area contributed by atoms with Crippen LogP contribution in [0.15, 0.2) is 12.1 Å². The molecule has 0 spiro atoms. The van der Waals surface area contributed by atoms with Crippen LogP contribution in [-0.2, 0) is 0 Å². The average molecular weight is 236 g/mol. The highest BCUT2D eigenvalue weighted by Gasteiger charge is 2.40. The summed E-state index contributed by atoms with van der Waals surface area (Å²) in [4.78, 5) is 0. The molecular weight excluding hydrogens is 222 g/mol. The second kappa shape index (κ2) is 4.33. The Kier molecular flexibility index (Phi) is 3.01. The molecule has 17 heavy (non-hydrogen) atoms. The summed E-state index contributed by atoms with van der Waals surface area (Å²) >= 11 is 0.